The summed E-state index contributed by atoms with van der Waals surface area (Å²) in [6, 6.07) is 10.6. The molecule has 1 aliphatic heterocycles. The van der Waals surface area contributed by atoms with E-state index in [1.54, 1.807) is 31.5 Å². The molecular formula is C25H24N4O5. The summed E-state index contributed by atoms with van der Waals surface area (Å²) >= 11 is 0. The van der Waals surface area contributed by atoms with E-state index in [1.807, 2.05) is 24.3 Å². The number of aliphatic hydroxyl groups excluding tert-OH is 1. The minimum absolute atomic E-state index is 0.174. The van der Waals surface area contributed by atoms with Crippen LogP contribution in [0, 0.1) is 6.92 Å². The zero-order chi connectivity index (χ0) is 23.7. The number of hydrogen-bond acceptors (Lipinski definition) is 7. The first kappa shape index (κ1) is 22.0. The molecule has 9 heteroatoms. The first-order chi connectivity index (χ1) is 16.5. The van der Waals surface area contributed by atoms with E-state index in [2.05, 4.69) is 15.3 Å². The monoisotopic (exact) mass is 460 g/mol. The van der Waals surface area contributed by atoms with Crippen LogP contribution in [0.15, 0.2) is 64.3 Å². The molecule has 4 heterocycles. The molecule has 1 aliphatic rings. The molecule has 1 fully saturated rings. The zero-order valence-electron chi connectivity index (χ0n) is 18.6. The molecule has 0 aliphatic carbocycles. The lowest BCUT2D eigenvalue weighted by Gasteiger charge is -2.28. The maximum absolute atomic E-state index is 13.2. The molecule has 0 saturated carbocycles. The molecule has 0 unspecified atom stereocenters. The highest BCUT2D eigenvalue weighted by Gasteiger charge is 2.27. The summed E-state index contributed by atoms with van der Waals surface area (Å²) in [6.07, 6.45) is 4.42. The van der Waals surface area contributed by atoms with Gasteiger partial charge < -0.3 is 24.1 Å². The largest absolute Gasteiger partial charge is 0.449 e. The topological polar surface area (TPSA) is 119 Å². The Morgan fingerprint density at radius 2 is 2.09 bits per heavy atom. The van der Waals surface area contributed by atoms with Gasteiger partial charge in [0.2, 0.25) is 0 Å². The van der Waals surface area contributed by atoms with Crippen molar-refractivity contribution in [1.82, 2.24) is 19.9 Å². The predicted octanol–water partition coefficient (Wildman–Crippen LogP) is 2.29. The minimum atomic E-state index is -0.783. The number of rotatable bonds is 5. The molecule has 1 amide bonds. The summed E-state index contributed by atoms with van der Waals surface area (Å²) in [5, 5.41) is 13.4. The van der Waals surface area contributed by atoms with Crippen LogP contribution in [0.3, 0.4) is 0 Å². The number of benzene rings is 1. The van der Waals surface area contributed by atoms with Gasteiger partial charge in [-0.05, 0) is 24.1 Å². The molecule has 4 aromatic rings. The standard InChI is InChI=1S/C25H24N4O5/c1-15-27-21(13-34-15)17-6-4-16(5-7-17)11-29-12-19(23-18(25(29)32)3-2-9-26-23)24(31)28-20-8-10-33-14-22(20)30/h2-7,9,12-13,20,22,30H,8,10-11,14H2,1H3,(H,28,31)/t20-,22-/m0/s1. The number of aliphatic hydroxyl groups is 1. The van der Waals surface area contributed by atoms with Crippen LogP contribution >= 0.6 is 0 Å². The maximum Gasteiger partial charge on any atom is 0.260 e. The molecular weight excluding hydrogens is 436 g/mol. The van der Waals surface area contributed by atoms with E-state index in [1.165, 1.54) is 10.8 Å². The van der Waals surface area contributed by atoms with Crippen molar-refractivity contribution in [3.05, 3.63) is 82.4 Å². The van der Waals surface area contributed by atoms with Crippen LogP contribution in [0.4, 0.5) is 0 Å². The second kappa shape index (κ2) is 9.20. The molecule has 2 N–H and O–H groups in total. The van der Waals surface area contributed by atoms with E-state index < -0.39 is 12.1 Å². The highest BCUT2D eigenvalue weighted by Crippen LogP contribution is 2.20. The number of amides is 1. The van der Waals surface area contributed by atoms with E-state index in [0.717, 1.165) is 16.8 Å². The number of ether oxygens (including phenoxy) is 1. The third-order valence-corrected chi connectivity index (χ3v) is 5.95. The van der Waals surface area contributed by atoms with Gasteiger partial charge >= 0.3 is 0 Å². The maximum atomic E-state index is 13.2. The molecule has 5 rings (SSSR count). The second-order valence-electron chi connectivity index (χ2n) is 8.33. The van der Waals surface area contributed by atoms with E-state index in [9.17, 15) is 14.7 Å². The van der Waals surface area contributed by atoms with Gasteiger partial charge in [-0.3, -0.25) is 14.6 Å². The van der Waals surface area contributed by atoms with Gasteiger partial charge in [-0.2, -0.15) is 0 Å². The van der Waals surface area contributed by atoms with E-state index in [4.69, 9.17) is 9.15 Å². The lowest BCUT2D eigenvalue weighted by Crippen LogP contribution is -2.48. The van der Waals surface area contributed by atoms with Crippen LogP contribution in [0.1, 0.15) is 28.2 Å². The fourth-order valence-electron chi connectivity index (χ4n) is 4.12. The number of oxazole rings is 1. The summed E-state index contributed by atoms with van der Waals surface area (Å²) in [4.78, 5) is 34.9. The molecule has 1 saturated heterocycles. The summed E-state index contributed by atoms with van der Waals surface area (Å²) in [7, 11) is 0. The Hall–Kier alpha value is -3.82. The molecule has 2 atom stereocenters. The van der Waals surface area contributed by atoms with Gasteiger partial charge in [0.15, 0.2) is 5.89 Å². The highest BCUT2D eigenvalue weighted by molar-refractivity contribution is 6.05. The Balaban J connectivity index is 1.46. The van der Waals surface area contributed by atoms with Crippen LogP contribution in [-0.2, 0) is 11.3 Å². The Morgan fingerprint density at radius 3 is 2.82 bits per heavy atom. The minimum Gasteiger partial charge on any atom is -0.449 e. The van der Waals surface area contributed by atoms with Gasteiger partial charge in [-0.1, -0.05) is 24.3 Å². The van der Waals surface area contributed by atoms with Crippen LogP contribution in [-0.4, -0.2) is 50.9 Å². The Bertz CT molecular complexity index is 1390. The van der Waals surface area contributed by atoms with E-state index in [-0.39, 0.29) is 30.2 Å². The third-order valence-electron chi connectivity index (χ3n) is 5.95. The summed E-state index contributed by atoms with van der Waals surface area (Å²) in [5.41, 5.74) is 2.92. The molecule has 174 valence electrons. The molecule has 0 spiro atoms. The first-order valence-corrected chi connectivity index (χ1v) is 11.1. The van der Waals surface area contributed by atoms with Crippen molar-refractivity contribution in [2.24, 2.45) is 0 Å². The first-order valence-electron chi connectivity index (χ1n) is 11.1. The molecule has 1 aromatic carbocycles. The number of fused-ring (bicyclic) bond motifs is 1. The van der Waals surface area contributed by atoms with E-state index >= 15 is 0 Å². The van der Waals surface area contributed by atoms with Crippen molar-refractivity contribution in [2.45, 2.75) is 32.0 Å². The van der Waals surface area contributed by atoms with Gasteiger partial charge in [0.1, 0.15) is 12.0 Å². The summed E-state index contributed by atoms with van der Waals surface area (Å²) in [6.45, 7) is 2.70. The Kier molecular flexibility index (Phi) is 5.95. The normalized spacial score (nSPS) is 18.2. The fourth-order valence-corrected chi connectivity index (χ4v) is 4.12. The molecule has 3 aromatic heterocycles. The lowest BCUT2D eigenvalue weighted by atomic mass is 10.0. The number of nitrogens with one attached hydrogen (secondary N) is 1. The van der Waals surface area contributed by atoms with Crippen LogP contribution < -0.4 is 10.9 Å². The quantitative estimate of drug-likeness (QED) is 0.469. The molecule has 9 nitrogen and oxygen atoms in total. The number of aryl methyl sites for hydroxylation is 1. The number of carbonyl (C=O) groups excluding carboxylic acids is 1. The van der Waals surface area contributed by atoms with Crippen molar-refractivity contribution < 1.29 is 19.1 Å². The van der Waals surface area contributed by atoms with Gasteiger partial charge in [0, 0.05) is 31.5 Å². The van der Waals surface area contributed by atoms with Gasteiger partial charge in [0.25, 0.3) is 11.5 Å². The van der Waals surface area contributed by atoms with Crippen molar-refractivity contribution >= 4 is 16.8 Å². The van der Waals surface area contributed by atoms with Crippen molar-refractivity contribution in [1.29, 1.82) is 0 Å². The van der Waals surface area contributed by atoms with Crippen LogP contribution in [0.2, 0.25) is 0 Å². The molecule has 0 radical (unpaired) electrons. The Labute approximate surface area is 195 Å². The molecule has 0 bridgehead atoms. The predicted molar refractivity (Wildman–Crippen MR) is 124 cm³/mol. The smallest absolute Gasteiger partial charge is 0.260 e. The van der Waals surface area contributed by atoms with Crippen LogP contribution in [0.25, 0.3) is 22.2 Å². The van der Waals surface area contributed by atoms with Crippen LogP contribution in [0.5, 0.6) is 0 Å². The summed E-state index contributed by atoms with van der Waals surface area (Å²) in [5.74, 6) is 0.203. The Morgan fingerprint density at radius 1 is 1.26 bits per heavy atom. The third kappa shape index (κ3) is 4.35. The second-order valence-corrected chi connectivity index (χ2v) is 8.33. The van der Waals surface area contributed by atoms with E-state index in [0.29, 0.717) is 29.8 Å². The average molecular weight is 460 g/mol. The number of carbonyl (C=O) groups is 1. The van der Waals surface area contributed by atoms with Crippen molar-refractivity contribution in [3.63, 3.8) is 0 Å². The molecule has 34 heavy (non-hydrogen) atoms. The number of pyridine rings is 2. The lowest BCUT2D eigenvalue weighted by molar-refractivity contribution is -0.0260. The fraction of sp³-hybridized carbons (Fsp3) is 0.280. The van der Waals surface area contributed by atoms with Gasteiger partial charge in [0.05, 0.1) is 41.8 Å². The number of aromatic nitrogens is 3. The van der Waals surface area contributed by atoms with Crippen molar-refractivity contribution in [3.8, 4) is 11.3 Å². The zero-order valence-corrected chi connectivity index (χ0v) is 18.6. The highest BCUT2D eigenvalue weighted by atomic mass is 16.5. The summed E-state index contributed by atoms with van der Waals surface area (Å²) < 4.78 is 12.0. The number of nitrogens with zero attached hydrogens (tertiary/aromatic N) is 3. The number of hydrogen-bond donors (Lipinski definition) is 2. The SMILES string of the molecule is Cc1nc(-c2ccc(Cn3cc(C(=O)N[C@H]4CCOC[C@@H]4O)c4ncccc4c3=O)cc2)co1. The van der Waals surface area contributed by atoms with Crippen molar-refractivity contribution in [2.75, 3.05) is 13.2 Å². The van der Waals surface area contributed by atoms with Gasteiger partial charge in [-0.25, -0.2) is 4.98 Å². The van der Waals surface area contributed by atoms with Gasteiger partial charge in [-0.15, -0.1) is 0 Å². The average Bonchev–Trinajstić information content (AvgIpc) is 3.29.